The van der Waals surface area contributed by atoms with E-state index in [0.29, 0.717) is 25.2 Å². The molecule has 2 aromatic rings. The van der Waals surface area contributed by atoms with Gasteiger partial charge in [0.2, 0.25) is 0 Å². The van der Waals surface area contributed by atoms with E-state index < -0.39 is 5.97 Å². The maximum absolute atomic E-state index is 12.9. The van der Waals surface area contributed by atoms with Crippen LogP contribution < -0.4 is 14.4 Å². The molecule has 1 fully saturated rings. The molecule has 1 saturated heterocycles. The van der Waals surface area contributed by atoms with E-state index in [0.717, 1.165) is 11.3 Å². The number of hydrogen-bond donors (Lipinski definition) is 0. The van der Waals surface area contributed by atoms with Crippen LogP contribution in [0.15, 0.2) is 51.8 Å². The zero-order valence-electron chi connectivity index (χ0n) is 16.2. The molecule has 1 amide bonds. The van der Waals surface area contributed by atoms with Crippen LogP contribution in [0.4, 0.5) is 5.69 Å². The van der Waals surface area contributed by atoms with Crippen LogP contribution >= 0.6 is 39.9 Å². The van der Waals surface area contributed by atoms with Crippen molar-refractivity contribution >= 4 is 67.9 Å². The van der Waals surface area contributed by atoms with Gasteiger partial charge in [0.25, 0.3) is 5.91 Å². The highest BCUT2D eigenvalue weighted by Crippen LogP contribution is 2.40. The summed E-state index contributed by atoms with van der Waals surface area (Å²) in [5.74, 6) is 0.132. The van der Waals surface area contributed by atoms with E-state index in [9.17, 15) is 9.59 Å². The molecule has 156 valence electrons. The summed E-state index contributed by atoms with van der Waals surface area (Å²) < 4.78 is 16.9. The number of carbonyl (C=O) groups is 2. The number of anilines is 1. The molecule has 0 bridgehead atoms. The van der Waals surface area contributed by atoms with Crippen LogP contribution in [0.3, 0.4) is 0 Å². The molecular weight excluding hydrogens is 490 g/mol. The van der Waals surface area contributed by atoms with Gasteiger partial charge in [-0.3, -0.25) is 9.69 Å². The third kappa shape index (κ3) is 5.03. The van der Waals surface area contributed by atoms with Crippen molar-refractivity contribution in [3.63, 3.8) is 0 Å². The summed E-state index contributed by atoms with van der Waals surface area (Å²) in [5, 5.41) is 0. The minimum atomic E-state index is -0.472. The number of ether oxygens (including phenoxy) is 3. The predicted molar refractivity (Wildman–Crippen MR) is 125 cm³/mol. The molecule has 0 aromatic heterocycles. The number of halogens is 1. The van der Waals surface area contributed by atoms with Crippen LogP contribution in [-0.2, 0) is 14.3 Å². The van der Waals surface area contributed by atoms with Crippen molar-refractivity contribution in [3.8, 4) is 11.5 Å². The number of thioether (sulfide) groups is 1. The Hall–Kier alpha value is -2.36. The van der Waals surface area contributed by atoms with Crippen molar-refractivity contribution in [2.75, 3.05) is 25.2 Å². The van der Waals surface area contributed by atoms with Crippen LogP contribution in [-0.4, -0.2) is 36.5 Å². The second kappa shape index (κ2) is 10.1. The van der Waals surface area contributed by atoms with Crippen LogP contribution in [0.1, 0.15) is 12.5 Å². The molecule has 0 unspecified atom stereocenters. The fraction of sp³-hybridized carbons (Fsp3) is 0.190. The standard InChI is InChI=1S/C21H18BrNO5S2/c1-3-27-18(24)12-28-19-15(22)9-13(10-16(19)26-2)11-17-20(25)23(21(29)30-17)14-7-5-4-6-8-14/h4-11H,3,12H2,1-2H3/b17-11+. The lowest BCUT2D eigenvalue weighted by molar-refractivity contribution is -0.145. The van der Waals surface area contributed by atoms with Gasteiger partial charge >= 0.3 is 5.97 Å². The van der Waals surface area contributed by atoms with Crippen LogP contribution in [0.2, 0.25) is 0 Å². The zero-order valence-corrected chi connectivity index (χ0v) is 19.4. The van der Waals surface area contributed by atoms with Crippen molar-refractivity contribution in [3.05, 3.63) is 57.4 Å². The number of para-hydroxylation sites is 1. The molecule has 0 N–H and O–H groups in total. The van der Waals surface area contributed by atoms with Crippen LogP contribution in [0.25, 0.3) is 6.08 Å². The maximum Gasteiger partial charge on any atom is 0.344 e. The van der Waals surface area contributed by atoms with Gasteiger partial charge in [0.1, 0.15) is 0 Å². The Labute approximate surface area is 192 Å². The Balaban J connectivity index is 1.85. The Morgan fingerprint density at radius 2 is 2.00 bits per heavy atom. The molecule has 0 saturated carbocycles. The van der Waals surface area contributed by atoms with Crippen molar-refractivity contribution in [1.82, 2.24) is 0 Å². The summed E-state index contributed by atoms with van der Waals surface area (Å²) in [6.45, 7) is 1.77. The summed E-state index contributed by atoms with van der Waals surface area (Å²) in [6, 6.07) is 12.8. The minimum absolute atomic E-state index is 0.186. The lowest BCUT2D eigenvalue weighted by Crippen LogP contribution is -2.27. The maximum atomic E-state index is 12.9. The monoisotopic (exact) mass is 507 g/mol. The summed E-state index contributed by atoms with van der Waals surface area (Å²) in [6.07, 6.45) is 1.74. The first-order valence-corrected chi connectivity index (χ1v) is 10.9. The highest BCUT2D eigenvalue weighted by Gasteiger charge is 2.33. The van der Waals surface area contributed by atoms with Gasteiger partial charge in [0.05, 0.1) is 28.8 Å². The molecular formula is C21H18BrNO5S2. The highest BCUT2D eigenvalue weighted by atomic mass is 79.9. The van der Waals surface area contributed by atoms with E-state index in [1.54, 1.807) is 25.1 Å². The van der Waals surface area contributed by atoms with Gasteiger partial charge < -0.3 is 14.2 Å². The summed E-state index contributed by atoms with van der Waals surface area (Å²) in [7, 11) is 1.50. The van der Waals surface area contributed by atoms with Crippen LogP contribution in [0.5, 0.6) is 11.5 Å². The first-order chi connectivity index (χ1) is 14.4. The molecule has 0 atom stereocenters. The third-order valence-corrected chi connectivity index (χ3v) is 5.89. The predicted octanol–water partition coefficient (Wildman–Crippen LogP) is 4.81. The van der Waals surface area contributed by atoms with Gasteiger partial charge in [0, 0.05) is 0 Å². The summed E-state index contributed by atoms with van der Waals surface area (Å²) in [5.41, 5.74) is 1.45. The molecule has 0 spiro atoms. The minimum Gasteiger partial charge on any atom is -0.493 e. The first-order valence-electron chi connectivity index (χ1n) is 8.93. The molecule has 3 rings (SSSR count). The molecule has 30 heavy (non-hydrogen) atoms. The Bertz CT molecular complexity index is 1010. The van der Waals surface area contributed by atoms with E-state index in [4.69, 9.17) is 26.4 Å². The quantitative estimate of drug-likeness (QED) is 0.302. The average molecular weight is 508 g/mol. The number of benzene rings is 2. The Morgan fingerprint density at radius 3 is 2.67 bits per heavy atom. The number of rotatable bonds is 7. The number of hydrogen-bond acceptors (Lipinski definition) is 7. The second-order valence-electron chi connectivity index (χ2n) is 5.98. The van der Waals surface area contributed by atoms with Gasteiger partial charge in [-0.1, -0.05) is 42.2 Å². The molecule has 6 nitrogen and oxygen atoms in total. The Kier molecular flexibility index (Phi) is 7.52. The zero-order chi connectivity index (χ0) is 21.7. The van der Waals surface area contributed by atoms with Gasteiger partial charge in [0.15, 0.2) is 22.4 Å². The van der Waals surface area contributed by atoms with Crippen molar-refractivity contribution in [2.24, 2.45) is 0 Å². The number of methoxy groups -OCH3 is 1. The van der Waals surface area contributed by atoms with E-state index in [2.05, 4.69) is 15.9 Å². The smallest absolute Gasteiger partial charge is 0.344 e. The van der Waals surface area contributed by atoms with Crippen LogP contribution in [0, 0.1) is 0 Å². The molecule has 9 heteroatoms. The fourth-order valence-corrected chi connectivity index (χ4v) is 4.59. The topological polar surface area (TPSA) is 65.1 Å². The molecule has 2 aromatic carbocycles. The summed E-state index contributed by atoms with van der Waals surface area (Å²) >= 11 is 10.1. The van der Waals surface area contributed by atoms with E-state index in [1.165, 1.54) is 23.8 Å². The first kappa shape index (κ1) is 22.3. The molecule has 1 heterocycles. The van der Waals surface area contributed by atoms with Crippen molar-refractivity contribution < 1.29 is 23.8 Å². The van der Waals surface area contributed by atoms with Gasteiger partial charge in [-0.2, -0.15) is 0 Å². The van der Waals surface area contributed by atoms with E-state index in [1.807, 2.05) is 30.3 Å². The third-order valence-electron chi connectivity index (χ3n) is 4.00. The number of carbonyl (C=O) groups excluding carboxylic acids is 2. The molecule has 1 aliphatic rings. The van der Waals surface area contributed by atoms with Gasteiger partial charge in [-0.15, -0.1) is 0 Å². The summed E-state index contributed by atoms with van der Waals surface area (Å²) in [4.78, 5) is 26.5. The lowest BCUT2D eigenvalue weighted by atomic mass is 10.1. The lowest BCUT2D eigenvalue weighted by Gasteiger charge is -2.14. The van der Waals surface area contributed by atoms with Gasteiger partial charge in [-0.05, 0) is 58.8 Å². The largest absolute Gasteiger partial charge is 0.493 e. The molecule has 1 aliphatic heterocycles. The number of thiocarbonyl (C=S) groups is 1. The normalized spacial score (nSPS) is 14.9. The second-order valence-corrected chi connectivity index (χ2v) is 8.51. The number of amides is 1. The van der Waals surface area contributed by atoms with E-state index in [-0.39, 0.29) is 19.1 Å². The average Bonchev–Trinajstić information content (AvgIpc) is 3.00. The van der Waals surface area contributed by atoms with Crippen molar-refractivity contribution in [1.29, 1.82) is 0 Å². The van der Waals surface area contributed by atoms with E-state index >= 15 is 0 Å². The Morgan fingerprint density at radius 1 is 1.27 bits per heavy atom. The highest BCUT2D eigenvalue weighted by molar-refractivity contribution is 9.10. The number of esters is 1. The molecule has 0 radical (unpaired) electrons. The fourth-order valence-electron chi connectivity index (χ4n) is 2.72. The molecule has 0 aliphatic carbocycles. The van der Waals surface area contributed by atoms with Crippen molar-refractivity contribution in [2.45, 2.75) is 6.92 Å². The van der Waals surface area contributed by atoms with Gasteiger partial charge in [-0.25, -0.2) is 4.79 Å². The number of nitrogens with zero attached hydrogens (tertiary/aromatic N) is 1. The SMILES string of the molecule is CCOC(=O)COc1c(Br)cc(/C=C2/SC(=S)N(c3ccccc3)C2=O)cc1OC.